The molecule has 7 heteroatoms. The van der Waals surface area contributed by atoms with E-state index in [0.717, 1.165) is 13.1 Å². The molecule has 0 aromatic heterocycles. The fraction of sp³-hybridized carbons (Fsp3) is 0.250. The van der Waals surface area contributed by atoms with Gasteiger partial charge in [-0.05, 0) is 23.3 Å². The van der Waals surface area contributed by atoms with Crippen LogP contribution in [-0.2, 0) is 9.59 Å². The van der Waals surface area contributed by atoms with Gasteiger partial charge in [0, 0.05) is 26.2 Å². The number of fused-ring (bicyclic) bond motifs is 1. The average Bonchev–Trinajstić information content (AvgIpc) is 3.01. The van der Waals surface area contributed by atoms with Crippen LogP contribution in [0, 0.1) is 0 Å². The molecular formula is C28H28N4O3. The molecule has 1 unspecified atom stereocenters. The van der Waals surface area contributed by atoms with Gasteiger partial charge in [0.15, 0.2) is 0 Å². The van der Waals surface area contributed by atoms with Gasteiger partial charge in [0.2, 0.25) is 11.8 Å². The first-order chi connectivity index (χ1) is 17.1. The van der Waals surface area contributed by atoms with Crippen molar-refractivity contribution in [2.45, 2.75) is 18.5 Å². The monoisotopic (exact) mass is 468 g/mol. The molecule has 2 aliphatic heterocycles. The summed E-state index contributed by atoms with van der Waals surface area (Å²) in [5.74, 6) is -0.856. The second-order valence-electron chi connectivity index (χ2n) is 8.91. The fourth-order valence-corrected chi connectivity index (χ4v) is 4.87. The SMILES string of the molecule is O=C1NC(CC(=O)N2CCN(C(c3ccccc3)c3ccccc3)CC2)C(=O)Nc2ccccc21. The smallest absolute Gasteiger partial charge is 0.254 e. The van der Waals surface area contributed by atoms with Crippen molar-refractivity contribution in [3.63, 3.8) is 0 Å². The van der Waals surface area contributed by atoms with E-state index in [2.05, 4.69) is 64.1 Å². The summed E-state index contributed by atoms with van der Waals surface area (Å²) in [7, 11) is 0. The Balaban J connectivity index is 1.24. The van der Waals surface area contributed by atoms with Crippen molar-refractivity contribution in [1.29, 1.82) is 0 Å². The minimum atomic E-state index is -0.901. The third-order valence-corrected chi connectivity index (χ3v) is 6.69. The van der Waals surface area contributed by atoms with Crippen LogP contribution in [0.3, 0.4) is 0 Å². The maximum atomic E-state index is 13.1. The molecule has 0 spiro atoms. The number of hydrogen-bond donors (Lipinski definition) is 2. The predicted molar refractivity (Wildman–Crippen MR) is 134 cm³/mol. The summed E-state index contributed by atoms with van der Waals surface area (Å²) in [6.45, 7) is 2.57. The molecule has 7 nitrogen and oxygen atoms in total. The van der Waals surface area contributed by atoms with Crippen molar-refractivity contribution in [3.05, 3.63) is 102 Å². The van der Waals surface area contributed by atoms with Crippen LogP contribution >= 0.6 is 0 Å². The highest BCUT2D eigenvalue weighted by molar-refractivity contribution is 6.10. The number of carbonyl (C=O) groups excluding carboxylic acids is 3. The number of piperazine rings is 1. The van der Waals surface area contributed by atoms with Gasteiger partial charge < -0.3 is 15.5 Å². The molecule has 2 N–H and O–H groups in total. The number of nitrogens with one attached hydrogen (secondary N) is 2. The van der Waals surface area contributed by atoms with E-state index in [1.165, 1.54) is 11.1 Å². The van der Waals surface area contributed by atoms with Crippen LogP contribution in [0.4, 0.5) is 5.69 Å². The van der Waals surface area contributed by atoms with Crippen LogP contribution in [0.5, 0.6) is 0 Å². The minimum Gasteiger partial charge on any atom is -0.340 e. The minimum absolute atomic E-state index is 0.0631. The summed E-state index contributed by atoms with van der Waals surface area (Å²) in [5.41, 5.74) is 3.30. The number of nitrogens with zero attached hydrogens (tertiary/aromatic N) is 2. The van der Waals surface area contributed by atoms with E-state index in [9.17, 15) is 14.4 Å². The molecule has 35 heavy (non-hydrogen) atoms. The summed E-state index contributed by atoms with van der Waals surface area (Å²) in [4.78, 5) is 42.5. The topological polar surface area (TPSA) is 81.8 Å². The molecule has 2 aliphatic rings. The van der Waals surface area contributed by atoms with E-state index in [1.807, 2.05) is 12.1 Å². The molecule has 0 bridgehead atoms. The standard InChI is InChI=1S/C28H28N4O3/c33-25(19-24-28(35)29-23-14-8-7-13-22(23)27(34)30-24)31-15-17-32(18-16-31)26(20-9-3-1-4-10-20)21-11-5-2-6-12-21/h1-14,24,26H,15-19H2,(H,29,35)(H,30,34). The Kier molecular flexibility index (Phi) is 6.59. The quantitative estimate of drug-likeness (QED) is 0.603. The number of para-hydroxylation sites is 1. The van der Waals surface area contributed by atoms with Gasteiger partial charge in [-0.1, -0.05) is 72.8 Å². The van der Waals surface area contributed by atoms with Crippen LogP contribution in [0.15, 0.2) is 84.9 Å². The third kappa shape index (κ3) is 4.95. The molecule has 2 heterocycles. The maximum absolute atomic E-state index is 13.1. The van der Waals surface area contributed by atoms with E-state index in [-0.39, 0.29) is 30.2 Å². The largest absolute Gasteiger partial charge is 0.340 e. The molecule has 0 radical (unpaired) electrons. The zero-order valence-corrected chi connectivity index (χ0v) is 19.4. The van der Waals surface area contributed by atoms with Gasteiger partial charge in [0.05, 0.1) is 23.7 Å². The highest BCUT2D eigenvalue weighted by Gasteiger charge is 2.33. The van der Waals surface area contributed by atoms with Crippen LogP contribution in [0.1, 0.15) is 33.9 Å². The second-order valence-corrected chi connectivity index (χ2v) is 8.91. The predicted octanol–water partition coefficient (Wildman–Crippen LogP) is 3.06. The lowest BCUT2D eigenvalue weighted by Crippen LogP contribution is -2.52. The Morgan fingerprint density at radius 1 is 0.800 bits per heavy atom. The van der Waals surface area contributed by atoms with Crippen molar-refractivity contribution in [1.82, 2.24) is 15.1 Å². The molecule has 1 atom stereocenters. The number of benzene rings is 3. The molecule has 5 rings (SSSR count). The number of anilines is 1. The first-order valence-electron chi connectivity index (χ1n) is 11.9. The number of hydrogen-bond acceptors (Lipinski definition) is 4. The Hall–Kier alpha value is -3.97. The van der Waals surface area contributed by atoms with Crippen LogP contribution < -0.4 is 10.6 Å². The highest BCUT2D eigenvalue weighted by atomic mass is 16.2. The van der Waals surface area contributed by atoms with Gasteiger partial charge >= 0.3 is 0 Å². The van der Waals surface area contributed by atoms with Crippen LogP contribution in [0.2, 0.25) is 0 Å². The van der Waals surface area contributed by atoms with Crippen molar-refractivity contribution in [2.24, 2.45) is 0 Å². The molecular weight excluding hydrogens is 440 g/mol. The molecule has 0 saturated carbocycles. The first-order valence-corrected chi connectivity index (χ1v) is 11.9. The zero-order valence-electron chi connectivity index (χ0n) is 19.4. The van der Waals surface area contributed by atoms with E-state index >= 15 is 0 Å². The highest BCUT2D eigenvalue weighted by Crippen LogP contribution is 2.29. The number of carbonyl (C=O) groups is 3. The van der Waals surface area contributed by atoms with Gasteiger partial charge in [-0.25, -0.2) is 0 Å². The first kappa shape index (κ1) is 22.8. The van der Waals surface area contributed by atoms with Crippen molar-refractivity contribution >= 4 is 23.4 Å². The van der Waals surface area contributed by atoms with Crippen molar-refractivity contribution < 1.29 is 14.4 Å². The van der Waals surface area contributed by atoms with Gasteiger partial charge in [-0.2, -0.15) is 0 Å². The molecule has 3 aromatic carbocycles. The van der Waals surface area contributed by atoms with Crippen LogP contribution in [-0.4, -0.2) is 59.7 Å². The van der Waals surface area contributed by atoms with Crippen LogP contribution in [0.25, 0.3) is 0 Å². The summed E-state index contributed by atoms with van der Waals surface area (Å²) < 4.78 is 0. The summed E-state index contributed by atoms with van der Waals surface area (Å²) in [5, 5.41) is 5.48. The van der Waals surface area contributed by atoms with E-state index in [4.69, 9.17) is 0 Å². The molecule has 1 saturated heterocycles. The lowest BCUT2D eigenvalue weighted by Gasteiger charge is -2.40. The van der Waals surface area contributed by atoms with Gasteiger partial charge in [-0.15, -0.1) is 0 Å². The average molecular weight is 469 g/mol. The number of amides is 3. The van der Waals surface area contributed by atoms with E-state index in [0.29, 0.717) is 24.3 Å². The Bertz CT molecular complexity index is 1170. The van der Waals surface area contributed by atoms with Crippen molar-refractivity contribution in [2.75, 3.05) is 31.5 Å². The van der Waals surface area contributed by atoms with Crippen molar-refractivity contribution in [3.8, 4) is 0 Å². The Morgan fingerprint density at radius 3 is 2.00 bits per heavy atom. The second kappa shape index (κ2) is 10.1. The fourth-order valence-electron chi connectivity index (χ4n) is 4.87. The molecule has 1 fully saturated rings. The normalized spacial score (nSPS) is 18.4. The van der Waals surface area contributed by atoms with Gasteiger partial charge in [0.1, 0.15) is 6.04 Å². The molecule has 178 valence electrons. The van der Waals surface area contributed by atoms with Gasteiger partial charge in [0.25, 0.3) is 5.91 Å². The van der Waals surface area contributed by atoms with E-state index < -0.39 is 6.04 Å². The molecule has 3 aromatic rings. The lowest BCUT2D eigenvalue weighted by molar-refractivity contribution is -0.135. The van der Waals surface area contributed by atoms with E-state index in [1.54, 1.807) is 29.2 Å². The molecule has 0 aliphatic carbocycles. The maximum Gasteiger partial charge on any atom is 0.254 e. The molecule has 3 amide bonds. The third-order valence-electron chi connectivity index (χ3n) is 6.69. The number of rotatable bonds is 5. The van der Waals surface area contributed by atoms with Gasteiger partial charge in [-0.3, -0.25) is 19.3 Å². The Labute approximate surface area is 204 Å². The summed E-state index contributed by atoms with van der Waals surface area (Å²) >= 11 is 0. The zero-order chi connectivity index (χ0) is 24.2. The lowest BCUT2D eigenvalue weighted by atomic mass is 9.96. The Morgan fingerprint density at radius 2 is 1.37 bits per heavy atom. The summed E-state index contributed by atoms with van der Waals surface area (Å²) in [6.07, 6.45) is -0.0631. The summed E-state index contributed by atoms with van der Waals surface area (Å²) in [6, 6.07) is 26.9.